The van der Waals surface area contributed by atoms with Crippen LogP contribution in [0.3, 0.4) is 0 Å². The van der Waals surface area contributed by atoms with Gasteiger partial charge in [-0.3, -0.25) is 9.59 Å². The Labute approximate surface area is 176 Å². The van der Waals surface area contributed by atoms with Crippen LogP contribution in [0.1, 0.15) is 30.0 Å². The molecule has 1 aliphatic carbocycles. The van der Waals surface area contributed by atoms with E-state index >= 15 is 0 Å². The Balaban J connectivity index is 1.50. The molecule has 1 fully saturated rings. The smallest absolute Gasteiger partial charge is 0.328 e. The van der Waals surface area contributed by atoms with Crippen molar-refractivity contribution in [1.29, 1.82) is 0 Å². The zero-order valence-electron chi connectivity index (χ0n) is 16.6. The lowest BCUT2D eigenvalue weighted by Gasteiger charge is -2.10. The minimum atomic E-state index is -0.549. The summed E-state index contributed by atoms with van der Waals surface area (Å²) in [6.07, 6.45) is 3.56. The highest BCUT2D eigenvalue weighted by Crippen LogP contribution is 2.41. The third kappa shape index (κ3) is 3.84. The Morgan fingerprint density at radius 3 is 2.55 bits per heavy atom. The maximum absolute atomic E-state index is 13.3. The molecular weight excluding hydrogens is 399 g/mol. The van der Waals surface area contributed by atoms with Crippen molar-refractivity contribution in [2.75, 3.05) is 0 Å². The molecule has 2 heterocycles. The number of benzene rings is 2. The Morgan fingerprint density at radius 2 is 1.84 bits per heavy atom. The fourth-order valence-electron chi connectivity index (χ4n) is 3.54. The molecule has 0 saturated heterocycles. The first-order valence-electron chi connectivity index (χ1n) is 10.0. The molecule has 0 bridgehead atoms. The number of nitrogens with zero attached hydrogens (tertiary/aromatic N) is 4. The van der Waals surface area contributed by atoms with Crippen molar-refractivity contribution in [3.05, 3.63) is 88.2 Å². The third-order valence-electron chi connectivity index (χ3n) is 5.27. The number of rotatable bonds is 6. The summed E-state index contributed by atoms with van der Waals surface area (Å²) in [5.74, 6) is -0.688. The van der Waals surface area contributed by atoms with Gasteiger partial charge in [0.15, 0.2) is 0 Å². The highest BCUT2D eigenvalue weighted by molar-refractivity contribution is 5.82. The van der Waals surface area contributed by atoms with Crippen LogP contribution in [0.15, 0.2) is 65.6 Å². The van der Waals surface area contributed by atoms with Crippen LogP contribution in [0.2, 0.25) is 0 Å². The van der Waals surface area contributed by atoms with Crippen LogP contribution >= 0.6 is 0 Å². The summed E-state index contributed by atoms with van der Waals surface area (Å²) in [5, 5.41) is 9.47. The van der Waals surface area contributed by atoms with Gasteiger partial charge in [0.1, 0.15) is 24.5 Å². The van der Waals surface area contributed by atoms with Gasteiger partial charge in [-0.05, 0) is 42.7 Å². The number of ether oxygens (including phenoxy) is 1. The van der Waals surface area contributed by atoms with Crippen molar-refractivity contribution in [3.63, 3.8) is 0 Å². The average molecular weight is 418 g/mol. The second-order valence-corrected chi connectivity index (χ2v) is 7.56. The topological polar surface area (TPSA) is 79.0 Å². The number of carbonyl (C=O) groups excluding carboxylic acids is 1. The number of fused-ring (bicyclic) bond motifs is 1. The lowest BCUT2D eigenvalue weighted by Crippen LogP contribution is -2.29. The van der Waals surface area contributed by atoms with E-state index in [0.717, 1.165) is 28.8 Å². The average Bonchev–Trinajstić information content (AvgIpc) is 3.53. The molecule has 7 nitrogen and oxygen atoms in total. The Hall–Kier alpha value is -3.81. The molecule has 4 aromatic rings. The van der Waals surface area contributed by atoms with Crippen molar-refractivity contribution in [1.82, 2.24) is 19.6 Å². The van der Waals surface area contributed by atoms with E-state index in [1.807, 2.05) is 30.3 Å². The van der Waals surface area contributed by atoms with Crippen LogP contribution in [0.4, 0.5) is 4.39 Å². The third-order valence-corrected chi connectivity index (χ3v) is 5.27. The van der Waals surface area contributed by atoms with E-state index in [9.17, 15) is 14.0 Å². The van der Waals surface area contributed by atoms with Crippen LogP contribution in [0, 0.1) is 5.82 Å². The largest absolute Gasteiger partial charge is 0.459 e. The molecule has 0 aliphatic heterocycles. The number of halogens is 1. The summed E-state index contributed by atoms with van der Waals surface area (Å²) in [6, 6.07) is 15.0. The molecule has 0 amide bonds. The fourth-order valence-corrected chi connectivity index (χ4v) is 3.54. The first-order chi connectivity index (χ1) is 15.1. The number of aromatic nitrogens is 4. The Morgan fingerprint density at radius 1 is 1.10 bits per heavy atom. The van der Waals surface area contributed by atoms with Crippen LogP contribution < -0.4 is 5.56 Å². The van der Waals surface area contributed by atoms with E-state index in [2.05, 4.69) is 10.2 Å². The molecule has 0 spiro atoms. The van der Waals surface area contributed by atoms with Crippen LogP contribution in [-0.2, 0) is 22.7 Å². The number of hydrogen-bond acceptors (Lipinski definition) is 5. The van der Waals surface area contributed by atoms with Crippen molar-refractivity contribution in [3.8, 4) is 5.69 Å². The predicted molar refractivity (Wildman–Crippen MR) is 111 cm³/mol. The quantitative estimate of drug-likeness (QED) is 0.449. The summed E-state index contributed by atoms with van der Waals surface area (Å²) in [5.41, 5.74) is 2.04. The van der Waals surface area contributed by atoms with Gasteiger partial charge in [-0.2, -0.15) is 10.2 Å². The van der Waals surface area contributed by atoms with Gasteiger partial charge in [-0.25, -0.2) is 13.8 Å². The van der Waals surface area contributed by atoms with Crippen molar-refractivity contribution < 1.29 is 13.9 Å². The van der Waals surface area contributed by atoms with E-state index < -0.39 is 11.5 Å². The van der Waals surface area contributed by atoms with Crippen LogP contribution in [-0.4, -0.2) is 25.5 Å². The van der Waals surface area contributed by atoms with Gasteiger partial charge >= 0.3 is 5.97 Å². The van der Waals surface area contributed by atoms with Gasteiger partial charge in [-0.15, -0.1) is 0 Å². The molecule has 0 radical (unpaired) electrons. The summed E-state index contributed by atoms with van der Waals surface area (Å²) >= 11 is 0. The van der Waals surface area contributed by atoms with Crippen molar-refractivity contribution in [2.24, 2.45) is 0 Å². The van der Waals surface area contributed by atoms with Gasteiger partial charge in [0.05, 0.1) is 17.6 Å². The summed E-state index contributed by atoms with van der Waals surface area (Å²) in [6.45, 7) is -0.171. The standard InChI is InChI=1S/C23H19FN4O3/c24-17-8-10-18(11-9-17)28-22-19(12-25-28)21(16-6-7-16)26-27(23(22)30)13-20(29)31-14-15-4-2-1-3-5-15/h1-5,8-12,16H,6-7,13-14H2. The van der Waals surface area contributed by atoms with E-state index in [0.29, 0.717) is 16.6 Å². The number of hydrogen-bond donors (Lipinski definition) is 0. The van der Waals surface area contributed by atoms with Crippen molar-refractivity contribution in [2.45, 2.75) is 31.9 Å². The van der Waals surface area contributed by atoms with E-state index in [1.165, 1.54) is 16.8 Å². The molecule has 1 aliphatic rings. The van der Waals surface area contributed by atoms with E-state index in [4.69, 9.17) is 4.74 Å². The molecule has 0 unspecified atom stereocenters. The van der Waals surface area contributed by atoms with E-state index in [1.54, 1.807) is 18.3 Å². The first kappa shape index (κ1) is 19.2. The lowest BCUT2D eigenvalue weighted by atomic mass is 10.2. The summed E-state index contributed by atoms with van der Waals surface area (Å²) in [7, 11) is 0. The number of carbonyl (C=O) groups is 1. The molecule has 156 valence electrons. The van der Waals surface area contributed by atoms with Gasteiger partial charge in [0.25, 0.3) is 5.56 Å². The van der Waals surface area contributed by atoms with Gasteiger partial charge in [-0.1, -0.05) is 30.3 Å². The number of esters is 1. The minimum Gasteiger partial charge on any atom is -0.459 e. The molecule has 8 heteroatoms. The molecule has 5 rings (SSSR count). The monoisotopic (exact) mass is 418 g/mol. The molecule has 0 N–H and O–H groups in total. The minimum absolute atomic E-state index is 0.125. The van der Waals surface area contributed by atoms with Crippen LogP contribution in [0.5, 0.6) is 0 Å². The second kappa shape index (κ2) is 7.79. The van der Waals surface area contributed by atoms with Crippen molar-refractivity contribution >= 4 is 16.9 Å². The molecule has 31 heavy (non-hydrogen) atoms. The first-order valence-corrected chi connectivity index (χ1v) is 10.0. The molecular formula is C23H19FN4O3. The van der Waals surface area contributed by atoms with Gasteiger partial charge < -0.3 is 4.74 Å². The maximum atomic E-state index is 13.3. The highest BCUT2D eigenvalue weighted by atomic mass is 19.1. The summed E-state index contributed by atoms with van der Waals surface area (Å²) < 4.78 is 21.3. The fraction of sp³-hybridized carbons (Fsp3) is 0.217. The Kier molecular flexibility index (Phi) is 4.82. The molecule has 1 saturated carbocycles. The molecule has 2 aromatic carbocycles. The molecule has 2 aromatic heterocycles. The summed E-state index contributed by atoms with van der Waals surface area (Å²) in [4.78, 5) is 25.6. The van der Waals surface area contributed by atoms with Gasteiger partial charge in [0.2, 0.25) is 0 Å². The lowest BCUT2D eigenvalue weighted by molar-refractivity contribution is -0.146. The van der Waals surface area contributed by atoms with Crippen LogP contribution in [0.25, 0.3) is 16.6 Å². The maximum Gasteiger partial charge on any atom is 0.328 e. The predicted octanol–water partition coefficient (Wildman–Crippen LogP) is 3.34. The Bertz CT molecular complexity index is 1310. The SMILES string of the molecule is O=C(Cn1nc(C2CC2)c2cnn(-c3ccc(F)cc3)c2c1=O)OCc1ccccc1. The van der Waals surface area contributed by atoms with Gasteiger partial charge in [0, 0.05) is 11.3 Å². The normalized spacial score (nSPS) is 13.5. The highest BCUT2D eigenvalue weighted by Gasteiger charge is 2.30. The molecule has 0 atom stereocenters. The second-order valence-electron chi connectivity index (χ2n) is 7.56. The van der Waals surface area contributed by atoms with E-state index in [-0.39, 0.29) is 24.9 Å². The zero-order chi connectivity index (χ0) is 21.4. The zero-order valence-corrected chi connectivity index (χ0v) is 16.6.